The molecular weight excluding hydrogens is 298 g/mol. The Labute approximate surface area is 151 Å². The second-order valence-electron chi connectivity index (χ2n) is 7.39. The maximum Gasteiger partial charge on any atom is 0.300 e. The zero-order valence-corrected chi connectivity index (χ0v) is 16.7. The van der Waals surface area contributed by atoms with Crippen LogP contribution in [0.3, 0.4) is 0 Å². The maximum atomic E-state index is 9.00. The number of rotatable bonds is 12. The first kappa shape index (κ1) is 23.4. The molecule has 0 spiro atoms. The molecule has 0 aromatic carbocycles. The molecule has 3 nitrogen and oxygen atoms in total. The van der Waals surface area contributed by atoms with Crippen LogP contribution in [0.4, 0.5) is 0 Å². The van der Waals surface area contributed by atoms with E-state index in [1.807, 2.05) is 0 Å². The molecule has 1 N–H and O–H groups in total. The zero-order valence-electron chi connectivity index (χ0n) is 16.7. The van der Waals surface area contributed by atoms with E-state index in [1.54, 1.807) is 0 Å². The van der Waals surface area contributed by atoms with Crippen LogP contribution in [-0.4, -0.2) is 35.6 Å². The van der Waals surface area contributed by atoms with Crippen LogP contribution in [0.15, 0.2) is 0 Å². The van der Waals surface area contributed by atoms with Gasteiger partial charge in [0.1, 0.15) is 0 Å². The van der Waals surface area contributed by atoms with Gasteiger partial charge in [0.15, 0.2) is 0 Å². The van der Waals surface area contributed by atoms with E-state index >= 15 is 0 Å². The van der Waals surface area contributed by atoms with Crippen LogP contribution >= 0.6 is 0 Å². The minimum absolute atomic E-state index is 0.833. The number of aliphatic carboxylic acids is 1. The van der Waals surface area contributed by atoms with Crippen LogP contribution in [-0.2, 0) is 4.79 Å². The van der Waals surface area contributed by atoms with Gasteiger partial charge in [0, 0.05) is 6.92 Å². The predicted molar refractivity (Wildman–Crippen MR) is 105 cm³/mol. The molecule has 0 unspecified atom stereocenters. The van der Waals surface area contributed by atoms with E-state index < -0.39 is 5.97 Å². The SMILES string of the molecule is CC(=O)O.CCCCCCCCCCCCN1CCC(CC)CC1. The van der Waals surface area contributed by atoms with Gasteiger partial charge in [-0.05, 0) is 44.8 Å². The molecule has 0 aromatic heterocycles. The van der Waals surface area contributed by atoms with Gasteiger partial charge in [-0.15, -0.1) is 0 Å². The lowest BCUT2D eigenvalue weighted by Gasteiger charge is -2.31. The molecule has 0 saturated carbocycles. The Hall–Kier alpha value is -0.570. The number of piperidine rings is 1. The van der Waals surface area contributed by atoms with Crippen LogP contribution in [0.1, 0.15) is 104 Å². The summed E-state index contributed by atoms with van der Waals surface area (Å²) < 4.78 is 0. The van der Waals surface area contributed by atoms with Crippen molar-refractivity contribution in [2.24, 2.45) is 5.92 Å². The highest BCUT2D eigenvalue weighted by molar-refractivity contribution is 5.62. The van der Waals surface area contributed by atoms with Gasteiger partial charge in [0.25, 0.3) is 5.97 Å². The summed E-state index contributed by atoms with van der Waals surface area (Å²) in [6.45, 7) is 9.84. The summed E-state index contributed by atoms with van der Waals surface area (Å²) in [6, 6.07) is 0. The number of carboxylic acids is 1. The summed E-state index contributed by atoms with van der Waals surface area (Å²) in [4.78, 5) is 11.7. The molecule has 0 aliphatic carbocycles. The van der Waals surface area contributed by atoms with Crippen molar-refractivity contribution in [1.82, 2.24) is 4.90 Å². The fraction of sp³-hybridized carbons (Fsp3) is 0.952. The number of hydrogen-bond donors (Lipinski definition) is 1. The second kappa shape index (κ2) is 17.3. The summed E-state index contributed by atoms with van der Waals surface area (Å²) in [5.41, 5.74) is 0. The molecular formula is C21H43NO2. The van der Waals surface area contributed by atoms with Crippen molar-refractivity contribution in [3.8, 4) is 0 Å². The predicted octanol–water partition coefficient (Wildman–Crippen LogP) is 6.12. The number of carbonyl (C=O) groups is 1. The summed E-state index contributed by atoms with van der Waals surface area (Å²) in [5.74, 6) is 0.193. The van der Waals surface area contributed by atoms with Gasteiger partial charge in [-0.2, -0.15) is 0 Å². The monoisotopic (exact) mass is 341 g/mol. The minimum Gasteiger partial charge on any atom is -0.481 e. The van der Waals surface area contributed by atoms with Crippen LogP contribution in [0.25, 0.3) is 0 Å². The quantitative estimate of drug-likeness (QED) is 0.435. The number of nitrogens with zero attached hydrogens (tertiary/aromatic N) is 1. The van der Waals surface area contributed by atoms with Crippen molar-refractivity contribution in [3.63, 3.8) is 0 Å². The van der Waals surface area contributed by atoms with Crippen molar-refractivity contribution in [2.75, 3.05) is 19.6 Å². The Morgan fingerprint density at radius 2 is 1.29 bits per heavy atom. The Balaban J connectivity index is 0.00000118. The minimum atomic E-state index is -0.833. The summed E-state index contributed by atoms with van der Waals surface area (Å²) in [7, 11) is 0. The van der Waals surface area contributed by atoms with Gasteiger partial charge in [-0.25, -0.2) is 0 Å². The van der Waals surface area contributed by atoms with E-state index in [0.29, 0.717) is 0 Å². The number of carboxylic acid groups (broad SMARTS) is 1. The highest BCUT2D eigenvalue weighted by Gasteiger charge is 2.16. The van der Waals surface area contributed by atoms with Crippen LogP contribution in [0.2, 0.25) is 0 Å². The van der Waals surface area contributed by atoms with Gasteiger partial charge in [-0.1, -0.05) is 78.1 Å². The van der Waals surface area contributed by atoms with Gasteiger partial charge < -0.3 is 10.0 Å². The third kappa shape index (κ3) is 16.3. The van der Waals surface area contributed by atoms with E-state index in [9.17, 15) is 0 Å². The molecule has 0 radical (unpaired) electrons. The topological polar surface area (TPSA) is 40.5 Å². The van der Waals surface area contributed by atoms with Crippen molar-refractivity contribution >= 4 is 5.97 Å². The van der Waals surface area contributed by atoms with Crippen molar-refractivity contribution < 1.29 is 9.90 Å². The molecule has 1 heterocycles. The smallest absolute Gasteiger partial charge is 0.300 e. The Morgan fingerprint density at radius 1 is 0.875 bits per heavy atom. The van der Waals surface area contributed by atoms with E-state index in [2.05, 4.69) is 18.7 Å². The van der Waals surface area contributed by atoms with Crippen LogP contribution in [0.5, 0.6) is 0 Å². The maximum absolute atomic E-state index is 9.00. The highest BCUT2D eigenvalue weighted by atomic mass is 16.4. The molecule has 0 bridgehead atoms. The van der Waals surface area contributed by atoms with E-state index in [-0.39, 0.29) is 0 Å². The van der Waals surface area contributed by atoms with E-state index in [0.717, 1.165) is 12.8 Å². The summed E-state index contributed by atoms with van der Waals surface area (Å²) in [5, 5.41) is 7.42. The standard InChI is InChI=1S/C19H39N.C2H4O2/c1-3-5-6-7-8-9-10-11-12-13-16-20-17-14-19(4-2)15-18-20;1-2(3)4/h19H,3-18H2,1-2H3;1H3,(H,3,4). The van der Waals surface area contributed by atoms with Crippen LogP contribution in [0, 0.1) is 5.92 Å². The number of likely N-dealkylation sites (tertiary alicyclic amines) is 1. The average molecular weight is 342 g/mol. The lowest BCUT2D eigenvalue weighted by molar-refractivity contribution is -0.134. The summed E-state index contributed by atoms with van der Waals surface area (Å²) >= 11 is 0. The van der Waals surface area contributed by atoms with Crippen LogP contribution < -0.4 is 0 Å². The average Bonchev–Trinajstić information content (AvgIpc) is 2.56. The Bertz CT molecular complexity index is 269. The molecule has 0 aromatic rings. The first-order valence-corrected chi connectivity index (χ1v) is 10.5. The third-order valence-electron chi connectivity index (χ3n) is 5.11. The normalized spacial score (nSPS) is 15.8. The molecule has 1 fully saturated rings. The van der Waals surface area contributed by atoms with E-state index in [1.165, 1.54) is 103 Å². The zero-order chi connectivity index (χ0) is 18.0. The molecule has 0 atom stereocenters. The van der Waals surface area contributed by atoms with Gasteiger partial charge in [0.2, 0.25) is 0 Å². The number of unbranched alkanes of at least 4 members (excludes halogenated alkanes) is 9. The van der Waals surface area contributed by atoms with E-state index in [4.69, 9.17) is 9.90 Å². The molecule has 1 rings (SSSR count). The lowest BCUT2D eigenvalue weighted by atomic mass is 9.94. The largest absolute Gasteiger partial charge is 0.481 e. The fourth-order valence-corrected chi connectivity index (χ4v) is 3.44. The molecule has 1 aliphatic rings. The second-order valence-corrected chi connectivity index (χ2v) is 7.39. The molecule has 0 amide bonds. The molecule has 1 saturated heterocycles. The molecule has 1 aliphatic heterocycles. The fourth-order valence-electron chi connectivity index (χ4n) is 3.44. The van der Waals surface area contributed by atoms with Gasteiger partial charge in [0.05, 0.1) is 0 Å². The van der Waals surface area contributed by atoms with Gasteiger partial charge >= 0.3 is 0 Å². The summed E-state index contributed by atoms with van der Waals surface area (Å²) in [6.07, 6.45) is 18.8. The third-order valence-corrected chi connectivity index (χ3v) is 5.11. The van der Waals surface area contributed by atoms with Crippen molar-refractivity contribution in [1.29, 1.82) is 0 Å². The lowest BCUT2D eigenvalue weighted by Crippen LogP contribution is -2.34. The first-order chi connectivity index (χ1) is 11.6. The highest BCUT2D eigenvalue weighted by Crippen LogP contribution is 2.20. The first-order valence-electron chi connectivity index (χ1n) is 10.5. The van der Waals surface area contributed by atoms with Gasteiger partial charge in [-0.3, -0.25) is 4.79 Å². The Kier molecular flexibility index (Phi) is 16.8. The molecule has 144 valence electrons. The van der Waals surface area contributed by atoms with Crippen molar-refractivity contribution in [3.05, 3.63) is 0 Å². The number of hydrogen-bond acceptors (Lipinski definition) is 2. The van der Waals surface area contributed by atoms with Crippen molar-refractivity contribution in [2.45, 2.75) is 104 Å². The Morgan fingerprint density at radius 3 is 1.71 bits per heavy atom. The molecule has 3 heteroatoms. The molecule has 24 heavy (non-hydrogen) atoms.